The van der Waals surface area contributed by atoms with Gasteiger partial charge in [0.05, 0.1) is 19.1 Å². The van der Waals surface area contributed by atoms with Gasteiger partial charge in [-0.05, 0) is 33.2 Å². The summed E-state index contributed by atoms with van der Waals surface area (Å²) in [7, 11) is 0. The van der Waals surface area contributed by atoms with Crippen LogP contribution in [0.15, 0.2) is 0 Å². The molecule has 0 spiro atoms. The maximum atomic E-state index is 12.2. The highest BCUT2D eigenvalue weighted by Crippen LogP contribution is 2.12. The lowest BCUT2D eigenvalue weighted by molar-refractivity contribution is -0.126. The molecule has 0 aromatic rings. The summed E-state index contributed by atoms with van der Waals surface area (Å²) in [6.45, 7) is 9.70. The quantitative estimate of drug-likeness (QED) is 0.802. The van der Waals surface area contributed by atoms with E-state index in [0.717, 1.165) is 52.2 Å². The van der Waals surface area contributed by atoms with Crippen molar-refractivity contribution in [2.75, 3.05) is 39.4 Å². The van der Waals surface area contributed by atoms with Gasteiger partial charge in [0, 0.05) is 31.7 Å². The van der Waals surface area contributed by atoms with Crippen LogP contribution in [0, 0.1) is 5.92 Å². The standard InChI is InChI=1S/C14H27N3O2.2ClH/c1-11(12(2)17-6-8-19-9-7-17)16-14(18)13-4-3-5-15-10-13;;/h11-13,15H,3-10H2,1-2H3,(H,16,18);2*1H. The van der Waals surface area contributed by atoms with Crippen LogP contribution in [-0.4, -0.2) is 62.3 Å². The molecule has 0 radical (unpaired) electrons. The minimum atomic E-state index is 0. The number of hydrogen-bond donors (Lipinski definition) is 2. The number of nitrogens with zero attached hydrogens (tertiary/aromatic N) is 1. The SMILES string of the molecule is CC(NC(=O)C1CCCNC1)C(C)N1CCOCC1.Cl.Cl. The zero-order chi connectivity index (χ0) is 13.7. The molecule has 1 amide bonds. The van der Waals surface area contributed by atoms with Crippen LogP contribution < -0.4 is 10.6 Å². The van der Waals surface area contributed by atoms with Gasteiger partial charge in [-0.1, -0.05) is 0 Å². The Morgan fingerprint density at radius 3 is 2.52 bits per heavy atom. The summed E-state index contributed by atoms with van der Waals surface area (Å²) in [6, 6.07) is 0.553. The molecule has 0 aromatic heterocycles. The molecule has 21 heavy (non-hydrogen) atoms. The minimum Gasteiger partial charge on any atom is -0.379 e. The highest BCUT2D eigenvalue weighted by molar-refractivity contribution is 5.85. The number of carbonyl (C=O) groups excluding carboxylic acids is 1. The Morgan fingerprint density at radius 1 is 1.29 bits per heavy atom. The lowest BCUT2D eigenvalue weighted by Crippen LogP contribution is -2.54. The Labute approximate surface area is 140 Å². The maximum absolute atomic E-state index is 12.2. The molecule has 2 aliphatic rings. The Morgan fingerprint density at radius 2 is 1.95 bits per heavy atom. The van der Waals surface area contributed by atoms with E-state index in [9.17, 15) is 4.79 Å². The topological polar surface area (TPSA) is 53.6 Å². The summed E-state index contributed by atoms with van der Waals surface area (Å²) in [6.07, 6.45) is 2.11. The third-order valence-electron chi connectivity index (χ3n) is 4.38. The van der Waals surface area contributed by atoms with Gasteiger partial charge in [-0.15, -0.1) is 24.8 Å². The second-order valence-electron chi connectivity index (χ2n) is 5.73. The number of carbonyl (C=O) groups is 1. The number of halogens is 2. The van der Waals surface area contributed by atoms with Gasteiger partial charge in [-0.3, -0.25) is 9.69 Å². The third-order valence-corrected chi connectivity index (χ3v) is 4.38. The predicted octanol–water partition coefficient (Wildman–Crippen LogP) is 1.06. The molecule has 3 unspecified atom stereocenters. The second-order valence-corrected chi connectivity index (χ2v) is 5.73. The molecule has 2 saturated heterocycles. The van der Waals surface area contributed by atoms with Crippen LogP contribution in [0.2, 0.25) is 0 Å². The summed E-state index contributed by atoms with van der Waals surface area (Å²) in [4.78, 5) is 14.6. The first-order valence-corrected chi connectivity index (χ1v) is 7.51. The molecule has 2 fully saturated rings. The average molecular weight is 342 g/mol. The van der Waals surface area contributed by atoms with E-state index in [1.165, 1.54) is 0 Å². The molecule has 7 heteroatoms. The summed E-state index contributed by atoms with van der Waals surface area (Å²) in [5, 5.41) is 6.48. The summed E-state index contributed by atoms with van der Waals surface area (Å²) >= 11 is 0. The second kappa shape index (κ2) is 10.6. The smallest absolute Gasteiger partial charge is 0.224 e. The molecule has 2 aliphatic heterocycles. The van der Waals surface area contributed by atoms with Gasteiger partial charge in [0.2, 0.25) is 5.91 Å². The molecule has 2 heterocycles. The molecular formula is C14H29Cl2N3O2. The number of ether oxygens (including phenoxy) is 1. The highest BCUT2D eigenvalue weighted by Gasteiger charge is 2.26. The van der Waals surface area contributed by atoms with Crippen LogP contribution in [0.4, 0.5) is 0 Å². The molecule has 5 nitrogen and oxygen atoms in total. The van der Waals surface area contributed by atoms with Crippen molar-refractivity contribution in [2.24, 2.45) is 5.92 Å². The number of rotatable bonds is 4. The molecule has 3 atom stereocenters. The first-order valence-electron chi connectivity index (χ1n) is 7.51. The predicted molar refractivity (Wildman–Crippen MR) is 89.5 cm³/mol. The Kier molecular flexibility index (Phi) is 10.6. The number of piperidine rings is 1. The van der Waals surface area contributed by atoms with Crippen molar-refractivity contribution in [2.45, 2.75) is 38.8 Å². The van der Waals surface area contributed by atoms with Crippen molar-refractivity contribution in [3.8, 4) is 0 Å². The minimum absolute atomic E-state index is 0. The lowest BCUT2D eigenvalue weighted by Gasteiger charge is -2.36. The molecule has 0 aliphatic carbocycles. The Bertz CT molecular complexity index is 296. The molecule has 0 aromatic carbocycles. The van der Waals surface area contributed by atoms with E-state index in [1.54, 1.807) is 0 Å². The van der Waals surface area contributed by atoms with Crippen molar-refractivity contribution < 1.29 is 9.53 Å². The first kappa shape index (κ1) is 20.9. The van der Waals surface area contributed by atoms with Crippen LogP contribution in [0.25, 0.3) is 0 Å². The van der Waals surface area contributed by atoms with E-state index in [1.807, 2.05) is 0 Å². The van der Waals surface area contributed by atoms with Crippen LogP contribution in [0.3, 0.4) is 0 Å². The fourth-order valence-corrected chi connectivity index (χ4v) is 2.84. The Hall–Kier alpha value is -0.0700. The molecule has 0 saturated carbocycles. The molecular weight excluding hydrogens is 313 g/mol. The largest absolute Gasteiger partial charge is 0.379 e. The summed E-state index contributed by atoms with van der Waals surface area (Å²) < 4.78 is 5.37. The van der Waals surface area contributed by atoms with Crippen molar-refractivity contribution in [3.05, 3.63) is 0 Å². The maximum Gasteiger partial charge on any atom is 0.224 e. The van der Waals surface area contributed by atoms with Gasteiger partial charge in [-0.25, -0.2) is 0 Å². The number of nitrogens with one attached hydrogen (secondary N) is 2. The third kappa shape index (κ3) is 6.28. The monoisotopic (exact) mass is 341 g/mol. The van der Waals surface area contributed by atoms with Crippen molar-refractivity contribution in [3.63, 3.8) is 0 Å². The van der Waals surface area contributed by atoms with Gasteiger partial charge in [-0.2, -0.15) is 0 Å². The van der Waals surface area contributed by atoms with E-state index in [2.05, 4.69) is 29.4 Å². The number of hydrogen-bond acceptors (Lipinski definition) is 4. The molecule has 2 N–H and O–H groups in total. The molecule has 0 bridgehead atoms. The normalized spacial score (nSPS) is 25.9. The van der Waals surface area contributed by atoms with E-state index >= 15 is 0 Å². The summed E-state index contributed by atoms with van der Waals surface area (Å²) in [5.74, 6) is 0.355. The Balaban J connectivity index is 0.00000200. The van der Waals surface area contributed by atoms with Gasteiger partial charge in [0.1, 0.15) is 0 Å². The van der Waals surface area contributed by atoms with Crippen LogP contribution in [0.5, 0.6) is 0 Å². The van der Waals surface area contributed by atoms with E-state index in [4.69, 9.17) is 4.74 Å². The first-order chi connectivity index (χ1) is 9.18. The van der Waals surface area contributed by atoms with E-state index in [-0.39, 0.29) is 42.7 Å². The summed E-state index contributed by atoms with van der Waals surface area (Å²) in [5.41, 5.74) is 0. The van der Waals surface area contributed by atoms with Crippen molar-refractivity contribution in [1.29, 1.82) is 0 Å². The van der Waals surface area contributed by atoms with Crippen molar-refractivity contribution >= 4 is 30.7 Å². The zero-order valence-electron chi connectivity index (χ0n) is 13.0. The van der Waals surface area contributed by atoms with Crippen LogP contribution in [-0.2, 0) is 9.53 Å². The van der Waals surface area contributed by atoms with Crippen LogP contribution in [0.1, 0.15) is 26.7 Å². The fourth-order valence-electron chi connectivity index (χ4n) is 2.84. The van der Waals surface area contributed by atoms with Crippen LogP contribution >= 0.6 is 24.8 Å². The number of amides is 1. The molecule has 126 valence electrons. The highest BCUT2D eigenvalue weighted by atomic mass is 35.5. The van der Waals surface area contributed by atoms with Gasteiger partial charge < -0.3 is 15.4 Å². The van der Waals surface area contributed by atoms with E-state index < -0.39 is 0 Å². The fraction of sp³-hybridized carbons (Fsp3) is 0.929. The zero-order valence-corrected chi connectivity index (χ0v) is 14.6. The number of morpholine rings is 1. The lowest BCUT2D eigenvalue weighted by atomic mass is 9.98. The average Bonchev–Trinajstić information content (AvgIpc) is 2.48. The van der Waals surface area contributed by atoms with Gasteiger partial charge >= 0.3 is 0 Å². The van der Waals surface area contributed by atoms with Gasteiger partial charge in [0.25, 0.3) is 0 Å². The van der Waals surface area contributed by atoms with E-state index in [0.29, 0.717) is 6.04 Å². The van der Waals surface area contributed by atoms with Crippen molar-refractivity contribution in [1.82, 2.24) is 15.5 Å². The van der Waals surface area contributed by atoms with Gasteiger partial charge in [0.15, 0.2) is 0 Å². The molecule has 2 rings (SSSR count).